The highest BCUT2D eigenvalue weighted by Crippen LogP contribution is 2.43. The van der Waals surface area contributed by atoms with E-state index in [1.165, 1.54) is 0 Å². The predicted molar refractivity (Wildman–Crippen MR) is 70.9 cm³/mol. The summed E-state index contributed by atoms with van der Waals surface area (Å²) >= 11 is 0. The van der Waals surface area contributed by atoms with Gasteiger partial charge >= 0.3 is 0 Å². The van der Waals surface area contributed by atoms with Crippen molar-refractivity contribution in [1.29, 1.82) is 0 Å². The molecule has 3 N–H and O–H groups in total. The maximum atomic E-state index is 12.7. The van der Waals surface area contributed by atoms with Gasteiger partial charge in [-0.15, -0.1) is 0 Å². The quantitative estimate of drug-likeness (QED) is 0.345. The van der Waals surface area contributed by atoms with Crippen LogP contribution in [-0.4, -0.2) is 47.7 Å². The molecule has 0 bridgehead atoms. The number of oxime groups is 1. The number of hydrogen-bond acceptors (Lipinski definition) is 4. The van der Waals surface area contributed by atoms with Gasteiger partial charge in [0.25, 0.3) is 0 Å². The van der Waals surface area contributed by atoms with Crippen molar-refractivity contribution in [1.82, 2.24) is 4.90 Å². The first kappa shape index (κ1) is 14.1. The van der Waals surface area contributed by atoms with Crippen LogP contribution in [0.25, 0.3) is 0 Å². The number of piperidine rings is 1. The second kappa shape index (κ2) is 5.00. The van der Waals surface area contributed by atoms with Crippen LogP contribution in [0.15, 0.2) is 5.16 Å². The van der Waals surface area contributed by atoms with Gasteiger partial charge in [-0.3, -0.25) is 4.79 Å². The molecule has 19 heavy (non-hydrogen) atoms. The molecule has 6 heteroatoms. The highest BCUT2D eigenvalue weighted by atomic mass is 16.5. The number of nitrogens with zero attached hydrogens (tertiary/aromatic N) is 2. The maximum absolute atomic E-state index is 12.7. The van der Waals surface area contributed by atoms with Crippen LogP contribution in [-0.2, 0) is 9.53 Å². The fraction of sp³-hybridized carbons (Fsp3) is 0.846. The van der Waals surface area contributed by atoms with Crippen LogP contribution in [0.1, 0.15) is 39.0 Å². The zero-order valence-corrected chi connectivity index (χ0v) is 11.7. The van der Waals surface area contributed by atoms with Crippen molar-refractivity contribution in [3.8, 4) is 0 Å². The number of methoxy groups -OCH3 is 1. The van der Waals surface area contributed by atoms with E-state index >= 15 is 0 Å². The number of hydrogen-bond donors (Lipinski definition) is 2. The van der Waals surface area contributed by atoms with Gasteiger partial charge in [0.05, 0.1) is 5.60 Å². The van der Waals surface area contributed by atoms with Crippen molar-refractivity contribution >= 4 is 11.7 Å². The molecule has 0 aromatic heterocycles. The van der Waals surface area contributed by atoms with Crippen molar-refractivity contribution < 1.29 is 14.7 Å². The smallest absolute Gasteiger partial charge is 0.236 e. The number of carbonyl (C=O) groups excluding carboxylic acids is 1. The molecule has 2 fully saturated rings. The lowest BCUT2D eigenvalue weighted by Gasteiger charge is -2.46. The number of amides is 1. The van der Waals surface area contributed by atoms with Crippen LogP contribution in [0.3, 0.4) is 0 Å². The Morgan fingerprint density at radius 1 is 1.37 bits per heavy atom. The highest BCUT2D eigenvalue weighted by molar-refractivity contribution is 6.07. The Morgan fingerprint density at radius 2 is 2.05 bits per heavy atom. The molecule has 0 aromatic carbocycles. The normalized spacial score (nSPS) is 30.8. The number of carbonyl (C=O) groups is 1. The van der Waals surface area contributed by atoms with E-state index in [9.17, 15) is 4.79 Å². The molecule has 108 valence electrons. The molecule has 1 saturated carbocycles. The molecule has 2 rings (SSSR count). The summed E-state index contributed by atoms with van der Waals surface area (Å²) in [5.74, 6) is 0.0328. The van der Waals surface area contributed by atoms with Crippen molar-refractivity contribution in [2.45, 2.75) is 44.6 Å². The van der Waals surface area contributed by atoms with Crippen LogP contribution in [0, 0.1) is 5.41 Å². The molecule has 0 spiro atoms. The molecule has 1 amide bonds. The number of ether oxygens (including phenoxy) is 1. The largest absolute Gasteiger partial charge is 0.409 e. The SMILES string of the molecule is COC1(C)CCCN(C(=O)C2(C(N)=NO)CCC2)C1. The van der Waals surface area contributed by atoms with Gasteiger partial charge in [0.1, 0.15) is 5.41 Å². The molecule has 2 aliphatic rings. The first-order valence-corrected chi connectivity index (χ1v) is 6.80. The van der Waals surface area contributed by atoms with Crippen LogP contribution in [0.4, 0.5) is 0 Å². The molecule has 0 radical (unpaired) electrons. The van der Waals surface area contributed by atoms with E-state index in [1.807, 2.05) is 11.8 Å². The van der Waals surface area contributed by atoms with Crippen LogP contribution in [0.2, 0.25) is 0 Å². The Balaban J connectivity index is 2.15. The number of nitrogens with two attached hydrogens (primary N) is 1. The minimum absolute atomic E-state index is 0.0166. The zero-order valence-electron chi connectivity index (χ0n) is 11.7. The third kappa shape index (κ3) is 2.29. The first-order chi connectivity index (χ1) is 8.97. The minimum Gasteiger partial charge on any atom is -0.409 e. The van der Waals surface area contributed by atoms with Gasteiger partial charge in [-0.2, -0.15) is 0 Å². The van der Waals surface area contributed by atoms with E-state index in [4.69, 9.17) is 15.7 Å². The third-order valence-electron chi connectivity index (χ3n) is 4.65. The second-order valence-electron chi connectivity index (χ2n) is 5.91. The van der Waals surface area contributed by atoms with E-state index in [1.54, 1.807) is 7.11 Å². The van der Waals surface area contributed by atoms with Gasteiger partial charge in [-0.1, -0.05) is 11.6 Å². The summed E-state index contributed by atoms with van der Waals surface area (Å²) in [7, 11) is 1.68. The summed E-state index contributed by atoms with van der Waals surface area (Å²) in [4.78, 5) is 14.5. The summed E-state index contributed by atoms with van der Waals surface area (Å²) in [6.07, 6.45) is 4.15. The lowest BCUT2D eigenvalue weighted by atomic mass is 9.66. The number of likely N-dealkylation sites (tertiary alicyclic amines) is 1. The number of rotatable bonds is 3. The summed E-state index contributed by atoms with van der Waals surface area (Å²) in [5.41, 5.74) is 4.68. The monoisotopic (exact) mass is 269 g/mol. The Hall–Kier alpha value is -1.30. The van der Waals surface area contributed by atoms with E-state index in [0.717, 1.165) is 25.8 Å². The Morgan fingerprint density at radius 3 is 2.53 bits per heavy atom. The summed E-state index contributed by atoms with van der Waals surface area (Å²) in [6.45, 7) is 3.31. The van der Waals surface area contributed by atoms with Crippen LogP contribution in [0.5, 0.6) is 0 Å². The van der Waals surface area contributed by atoms with E-state index in [0.29, 0.717) is 19.4 Å². The molecular weight excluding hydrogens is 246 g/mol. The van der Waals surface area contributed by atoms with Gasteiger partial charge in [0.2, 0.25) is 5.91 Å². The Kier molecular flexibility index (Phi) is 3.71. The minimum atomic E-state index is -0.777. The summed E-state index contributed by atoms with van der Waals surface area (Å²) < 4.78 is 5.51. The van der Waals surface area contributed by atoms with Gasteiger partial charge in [0, 0.05) is 20.2 Å². The second-order valence-corrected chi connectivity index (χ2v) is 5.91. The molecule has 1 saturated heterocycles. The lowest BCUT2D eigenvalue weighted by molar-refractivity contribution is -0.150. The molecule has 1 atom stereocenters. The fourth-order valence-corrected chi connectivity index (χ4v) is 3.05. The van der Waals surface area contributed by atoms with Gasteiger partial charge < -0.3 is 20.6 Å². The van der Waals surface area contributed by atoms with Crippen LogP contribution >= 0.6 is 0 Å². The van der Waals surface area contributed by atoms with E-state index in [-0.39, 0.29) is 17.3 Å². The zero-order chi connectivity index (χ0) is 14.1. The average molecular weight is 269 g/mol. The van der Waals surface area contributed by atoms with Gasteiger partial charge in [-0.05, 0) is 32.6 Å². The molecule has 6 nitrogen and oxygen atoms in total. The van der Waals surface area contributed by atoms with Gasteiger partial charge in [-0.25, -0.2) is 0 Å². The molecule has 0 aromatic rings. The first-order valence-electron chi connectivity index (χ1n) is 6.80. The number of amidine groups is 1. The van der Waals surface area contributed by atoms with Crippen molar-refractivity contribution in [2.75, 3.05) is 20.2 Å². The van der Waals surface area contributed by atoms with Crippen LogP contribution < -0.4 is 5.73 Å². The standard InChI is InChI=1S/C13H23N3O3/c1-12(19-2)5-4-8-16(9-12)11(17)13(6-3-7-13)10(14)15-18/h18H,3-9H2,1-2H3,(H2,14,15). The van der Waals surface area contributed by atoms with E-state index < -0.39 is 5.41 Å². The molecule has 1 heterocycles. The molecule has 1 aliphatic heterocycles. The predicted octanol–water partition coefficient (Wildman–Crippen LogP) is 0.931. The topological polar surface area (TPSA) is 88.2 Å². The van der Waals surface area contributed by atoms with Crippen molar-refractivity contribution in [3.63, 3.8) is 0 Å². The third-order valence-corrected chi connectivity index (χ3v) is 4.65. The summed E-state index contributed by atoms with van der Waals surface area (Å²) in [5, 5.41) is 12.0. The Labute approximate surface area is 113 Å². The maximum Gasteiger partial charge on any atom is 0.236 e. The average Bonchev–Trinajstić information content (AvgIpc) is 2.37. The molecular formula is C13H23N3O3. The highest BCUT2D eigenvalue weighted by Gasteiger charge is 2.51. The molecule has 1 unspecified atom stereocenters. The lowest BCUT2D eigenvalue weighted by Crippen LogP contribution is -2.59. The van der Waals surface area contributed by atoms with E-state index in [2.05, 4.69) is 5.16 Å². The summed E-state index contributed by atoms with van der Waals surface area (Å²) in [6, 6.07) is 0. The van der Waals surface area contributed by atoms with Gasteiger partial charge in [0.15, 0.2) is 5.84 Å². The fourth-order valence-electron chi connectivity index (χ4n) is 3.05. The molecule has 1 aliphatic carbocycles. The van der Waals surface area contributed by atoms with Crippen molar-refractivity contribution in [2.24, 2.45) is 16.3 Å². The Bertz CT molecular complexity index is 393. The van der Waals surface area contributed by atoms with Crippen molar-refractivity contribution in [3.05, 3.63) is 0 Å².